The first-order chi connectivity index (χ1) is 11.9. The van der Waals surface area contributed by atoms with Crippen LogP contribution < -0.4 is 10.6 Å². The van der Waals surface area contributed by atoms with Gasteiger partial charge in [-0.05, 0) is 6.92 Å². The number of aromatic nitrogens is 1. The molecule has 1 aromatic rings. The van der Waals surface area contributed by atoms with Crippen LogP contribution in [0, 0.1) is 0 Å². The largest absolute Gasteiger partial charge is 0.434 e. The number of likely N-dealkylation sites (N-methyl/N-ethyl adjacent to an activating group) is 1. The predicted molar refractivity (Wildman–Crippen MR) is 99.0 cm³/mol. The van der Waals surface area contributed by atoms with Crippen molar-refractivity contribution in [1.82, 2.24) is 20.5 Å². The van der Waals surface area contributed by atoms with E-state index in [1.807, 2.05) is 0 Å². The van der Waals surface area contributed by atoms with Crippen LogP contribution in [0.25, 0.3) is 0 Å². The van der Waals surface area contributed by atoms with Crippen LogP contribution in [0.1, 0.15) is 17.6 Å². The van der Waals surface area contributed by atoms with Gasteiger partial charge in [0.2, 0.25) is 5.91 Å². The fraction of sp³-hybridized carbons (Fsp3) is 0.615. The number of hydrogen-bond donors (Lipinski definition) is 2. The summed E-state index contributed by atoms with van der Waals surface area (Å²) in [5.41, 5.74) is -1.01. The molecule has 1 heterocycles. The Morgan fingerprint density at radius 2 is 1.89 bits per heavy atom. The van der Waals surface area contributed by atoms with Crippen LogP contribution in [-0.2, 0) is 17.5 Å². The molecule has 1 aromatic heterocycles. The third kappa shape index (κ3) is 9.97. The Kier molecular flexibility index (Phi) is 10.3. The zero-order valence-corrected chi connectivity index (χ0v) is 17.4. The summed E-state index contributed by atoms with van der Waals surface area (Å²) in [4.78, 5) is 19.4. The van der Waals surface area contributed by atoms with Crippen LogP contribution >= 0.6 is 35.3 Å². The molecular weight excluding hydrogens is 515 g/mol. The lowest BCUT2D eigenvalue weighted by Crippen LogP contribution is -2.40. The number of nitrogens with one attached hydrogen (secondary N) is 2. The molecule has 0 saturated carbocycles. The van der Waals surface area contributed by atoms with E-state index in [2.05, 4.69) is 20.6 Å². The molecule has 0 fully saturated rings. The van der Waals surface area contributed by atoms with E-state index in [-0.39, 0.29) is 41.5 Å². The van der Waals surface area contributed by atoms with Crippen LogP contribution in [0.15, 0.2) is 10.4 Å². The Balaban J connectivity index is 0.00000676. The topological polar surface area (TPSA) is 69.6 Å². The average molecular weight is 533 g/mol. The molecule has 0 bridgehead atoms. The minimum atomic E-state index is -4.54. The molecule has 0 aliphatic rings. The monoisotopic (exact) mass is 533 g/mol. The maximum Gasteiger partial charge on any atom is 0.434 e. The Hall–Kier alpha value is -1.32. The molecule has 1 amide bonds. The highest BCUT2D eigenvalue weighted by Gasteiger charge is 2.33. The molecule has 0 spiro atoms. The lowest BCUT2D eigenvalue weighted by molar-refractivity contribution is -0.157. The van der Waals surface area contributed by atoms with Crippen molar-refractivity contribution in [1.29, 1.82) is 0 Å². The van der Waals surface area contributed by atoms with E-state index in [1.165, 1.54) is 0 Å². The maximum absolute atomic E-state index is 12.5. The smallest absolute Gasteiger partial charge is 0.357 e. The van der Waals surface area contributed by atoms with Crippen LogP contribution in [0.3, 0.4) is 0 Å². The standard InChI is InChI=1S/C13H17F6N5OS.HI/c1-3-20-11(22-5-10(25)24(2)7-12(14,15)16)21-4-9-23-8(6-26-9)13(17,18)19;/h6H,3-5,7H2,1-2H3,(H2,20,21,22);1H. The molecule has 27 heavy (non-hydrogen) atoms. The van der Waals surface area contributed by atoms with E-state index in [0.29, 0.717) is 11.4 Å². The van der Waals surface area contributed by atoms with Gasteiger partial charge in [0.25, 0.3) is 0 Å². The van der Waals surface area contributed by atoms with Gasteiger partial charge in [0, 0.05) is 19.0 Å². The second-order valence-corrected chi connectivity index (χ2v) is 5.98. The first-order valence-electron chi connectivity index (χ1n) is 7.27. The molecule has 1 rings (SSSR count). The lowest BCUT2D eigenvalue weighted by atomic mass is 10.5. The molecule has 0 saturated heterocycles. The Labute approximate surface area is 172 Å². The highest BCUT2D eigenvalue weighted by atomic mass is 127. The first kappa shape index (κ1) is 25.7. The number of carbonyl (C=O) groups excluding carboxylic acids is 1. The zero-order valence-electron chi connectivity index (χ0n) is 14.2. The van der Waals surface area contributed by atoms with Crippen LogP contribution in [-0.4, -0.2) is 54.6 Å². The van der Waals surface area contributed by atoms with Crippen molar-refractivity contribution in [2.24, 2.45) is 4.99 Å². The summed E-state index contributed by atoms with van der Waals surface area (Å²) in [5, 5.41) is 6.42. The van der Waals surface area contributed by atoms with Crippen molar-refractivity contribution < 1.29 is 31.1 Å². The fourth-order valence-corrected chi connectivity index (χ4v) is 2.39. The second-order valence-electron chi connectivity index (χ2n) is 5.04. The number of amides is 1. The summed E-state index contributed by atoms with van der Waals surface area (Å²) in [7, 11) is 1.000. The number of carbonyl (C=O) groups is 1. The van der Waals surface area contributed by atoms with E-state index in [0.717, 1.165) is 23.8 Å². The predicted octanol–water partition coefficient (Wildman–Crippen LogP) is 2.86. The number of guanidine groups is 1. The molecular formula is C13H18F6IN5OS. The molecule has 0 aliphatic carbocycles. The first-order valence-corrected chi connectivity index (χ1v) is 8.15. The van der Waals surface area contributed by atoms with E-state index in [1.54, 1.807) is 6.92 Å². The van der Waals surface area contributed by atoms with Gasteiger partial charge >= 0.3 is 12.4 Å². The summed E-state index contributed by atoms with van der Waals surface area (Å²) < 4.78 is 74.2. The van der Waals surface area contributed by atoms with Crippen molar-refractivity contribution in [3.05, 3.63) is 16.1 Å². The summed E-state index contributed by atoms with van der Waals surface area (Å²) in [6.45, 7) is 0.0570. The normalized spacial score (nSPS) is 12.4. The average Bonchev–Trinajstić information content (AvgIpc) is 2.97. The summed E-state index contributed by atoms with van der Waals surface area (Å²) in [5.74, 6) is -0.779. The highest BCUT2D eigenvalue weighted by molar-refractivity contribution is 14.0. The second kappa shape index (κ2) is 10.9. The Bertz CT molecular complexity index is 633. The van der Waals surface area contributed by atoms with E-state index >= 15 is 0 Å². The molecule has 0 atom stereocenters. The molecule has 0 aliphatic heterocycles. The van der Waals surface area contributed by atoms with Crippen molar-refractivity contribution in [3.8, 4) is 0 Å². The molecule has 14 heteroatoms. The van der Waals surface area contributed by atoms with Gasteiger partial charge < -0.3 is 15.5 Å². The van der Waals surface area contributed by atoms with E-state index < -0.39 is 37.0 Å². The van der Waals surface area contributed by atoms with Gasteiger partial charge in [-0.1, -0.05) is 0 Å². The van der Waals surface area contributed by atoms with Crippen molar-refractivity contribution in [3.63, 3.8) is 0 Å². The number of nitrogens with zero attached hydrogens (tertiary/aromatic N) is 3. The number of thiazole rings is 1. The van der Waals surface area contributed by atoms with Gasteiger partial charge in [-0.15, -0.1) is 35.3 Å². The molecule has 2 N–H and O–H groups in total. The highest BCUT2D eigenvalue weighted by Crippen LogP contribution is 2.29. The number of rotatable bonds is 6. The third-order valence-corrected chi connectivity index (χ3v) is 3.66. The number of alkyl halides is 6. The molecule has 0 unspecified atom stereocenters. The SMILES string of the molecule is CCNC(=NCC(=O)N(C)CC(F)(F)F)NCc1nc(C(F)(F)F)cs1.I. The summed E-state index contributed by atoms with van der Waals surface area (Å²) >= 11 is 0.796. The Morgan fingerprint density at radius 1 is 1.26 bits per heavy atom. The van der Waals surface area contributed by atoms with Crippen molar-refractivity contribution in [2.45, 2.75) is 25.8 Å². The van der Waals surface area contributed by atoms with Gasteiger partial charge in [-0.2, -0.15) is 26.3 Å². The van der Waals surface area contributed by atoms with Crippen molar-refractivity contribution >= 4 is 47.2 Å². The zero-order chi connectivity index (χ0) is 20.0. The van der Waals surface area contributed by atoms with Gasteiger partial charge in [-0.3, -0.25) is 4.79 Å². The summed E-state index contributed by atoms with van der Waals surface area (Å²) in [6.07, 6.45) is -9.05. The van der Waals surface area contributed by atoms with Gasteiger partial charge in [-0.25, -0.2) is 9.98 Å². The third-order valence-electron chi connectivity index (χ3n) is 2.81. The minimum Gasteiger partial charge on any atom is -0.357 e. The number of aliphatic imine (C=N–C) groups is 1. The fourth-order valence-electron chi connectivity index (χ4n) is 1.65. The van der Waals surface area contributed by atoms with E-state index in [9.17, 15) is 31.1 Å². The maximum atomic E-state index is 12.5. The Morgan fingerprint density at radius 3 is 2.37 bits per heavy atom. The summed E-state index contributed by atoms with van der Waals surface area (Å²) in [6, 6.07) is 0. The molecule has 0 radical (unpaired) electrons. The van der Waals surface area contributed by atoms with Crippen LogP contribution in [0.2, 0.25) is 0 Å². The minimum absolute atomic E-state index is 0. The number of hydrogen-bond acceptors (Lipinski definition) is 4. The van der Waals surface area contributed by atoms with E-state index in [4.69, 9.17) is 0 Å². The molecule has 0 aromatic carbocycles. The quantitative estimate of drug-likeness (QED) is 0.256. The van der Waals surface area contributed by atoms with Gasteiger partial charge in [0.1, 0.15) is 18.1 Å². The van der Waals surface area contributed by atoms with Gasteiger partial charge in [0.05, 0.1) is 6.54 Å². The number of halogens is 7. The molecule has 156 valence electrons. The molecule has 6 nitrogen and oxygen atoms in total. The van der Waals surface area contributed by atoms with Gasteiger partial charge in [0.15, 0.2) is 11.7 Å². The van der Waals surface area contributed by atoms with Crippen LogP contribution in [0.5, 0.6) is 0 Å². The van der Waals surface area contributed by atoms with Crippen molar-refractivity contribution in [2.75, 3.05) is 26.7 Å². The van der Waals surface area contributed by atoms with Crippen LogP contribution in [0.4, 0.5) is 26.3 Å². The lowest BCUT2D eigenvalue weighted by Gasteiger charge is -2.18.